The van der Waals surface area contributed by atoms with Crippen molar-refractivity contribution < 1.29 is 23.8 Å². The number of hydrogen-bond acceptors (Lipinski definition) is 8. The predicted octanol–water partition coefficient (Wildman–Crippen LogP) is 3.95. The van der Waals surface area contributed by atoms with E-state index in [9.17, 15) is 9.59 Å². The van der Waals surface area contributed by atoms with Crippen molar-refractivity contribution in [3.05, 3.63) is 65.7 Å². The van der Waals surface area contributed by atoms with Gasteiger partial charge in [-0.05, 0) is 60.0 Å². The van der Waals surface area contributed by atoms with Crippen LogP contribution in [0, 0.1) is 6.92 Å². The standard InChI is InChI=1S/C27H27N5O5/c1-15-9-10-20(14-21(15)17-7-6-8-19(11-17)28-16(2)33)29-31-25-24(30-32-27(25)34)18-12-22(35-3)26(37-5)23(13-18)36-4/h6-14,29H,1-5H3,(H,28,33)(H,31,32,34). The van der Waals surface area contributed by atoms with Gasteiger partial charge in [0.1, 0.15) is 5.71 Å². The molecule has 10 heteroatoms. The van der Waals surface area contributed by atoms with Crippen LogP contribution in [0.15, 0.2) is 64.8 Å². The molecule has 0 aliphatic carbocycles. The van der Waals surface area contributed by atoms with Gasteiger partial charge < -0.3 is 19.5 Å². The molecule has 0 fully saturated rings. The first-order valence-electron chi connectivity index (χ1n) is 11.4. The quantitative estimate of drug-likeness (QED) is 0.402. The third kappa shape index (κ3) is 5.37. The Labute approximate surface area is 214 Å². The Kier molecular flexibility index (Phi) is 7.38. The number of ether oxygens (including phenoxy) is 3. The molecule has 0 saturated heterocycles. The van der Waals surface area contributed by atoms with Gasteiger partial charge in [-0.1, -0.05) is 18.2 Å². The fourth-order valence-electron chi connectivity index (χ4n) is 3.93. The molecule has 37 heavy (non-hydrogen) atoms. The zero-order chi connectivity index (χ0) is 26.5. The van der Waals surface area contributed by atoms with Crippen molar-refractivity contribution >= 4 is 34.6 Å². The molecular formula is C27H27N5O5. The number of aryl methyl sites for hydroxylation is 1. The van der Waals surface area contributed by atoms with Crippen LogP contribution >= 0.6 is 0 Å². The topological polar surface area (TPSA) is 123 Å². The molecule has 0 atom stereocenters. The van der Waals surface area contributed by atoms with Crippen LogP contribution in [-0.2, 0) is 9.59 Å². The summed E-state index contributed by atoms with van der Waals surface area (Å²) in [5.41, 5.74) is 10.7. The molecule has 190 valence electrons. The second-order valence-electron chi connectivity index (χ2n) is 8.18. The summed E-state index contributed by atoms with van der Waals surface area (Å²) >= 11 is 0. The molecule has 3 aromatic carbocycles. The van der Waals surface area contributed by atoms with E-state index in [1.807, 2.05) is 49.4 Å². The first kappa shape index (κ1) is 25.2. The summed E-state index contributed by atoms with van der Waals surface area (Å²) in [6.45, 7) is 3.46. The highest BCUT2D eigenvalue weighted by molar-refractivity contribution is 6.72. The minimum absolute atomic E-state index is 0.101. The van der Waals surface area contributed by atoms with E-state index in [2.05, 4.69) is 26.4 Å². The Bertz CT molecular complexity index is 1410. The van der Waals surface area contributed by atoms with Crippen LogP contribution in [-0.4, -0.2) is 44.6 Å². The van der Waals surface area contributed by atoms with Crippen LogP contribution in [0.2, 0.25) is 0 Å². The summed E-state index contributed by atoms with van der Waals surface area (Å²) in [5.74, 6) is 0.691. The maximum Gasteiger partial charge on any atom is 0.294 e. The Morgan fingerprint density at radius 3 is 2.30 bits per heavy atom. The summed E-state index contributed by atoms with van der Waals surface area (Å²) in [4.78, 5) is 24.0. The van der Waals surface area contributed by atoms with Crippen molar-refractivity contribution in [1.82, 2.24) is 5.43 Å². The lowest BCUT2D eigenvalue weighted by Crippen LogP contribution is -2.25. The van der Waals surface area contributed by atoms with Crippen LogP contribution in [0.3, 0.4) is 0 Å². The first-order valence-corrected chi connectivity index (χ1v) is 11.4. The smallest absolute Gasteiger partial charge is 0.294 e. The molecule has 2 amide bonds. The van der Waals surface area contributed by atoms with Crippen LogP contribution in [0.1, 0.15) is 18.1 Å². The number of nitrogens with one attached hydrogen (secondary N) is 3. The number of rotatable bonds is 8. The normalized spacial score (nSPS) is 13.6. The van der Waals surface area contributed by atoms with Crippen LogP contribution in [0.5, 0.6) is 17.2 Å². The Balaban J connectivity index is 1.65. The predicted molar refractivity (Wildman–Crippen MR) is 143 cm³/mol. The van der Waals surface area contributed by atoms with E-state index in [0.717, 1.165) is 16.7 Å². The molecule has 3 N–H and O–H groups in total. The molecule has 4 rings (SSSR count). The van der Waals surface area contributed by atoms with Crippen LogP contribution < -0.4 is 30.4 Å². The fourth-order valence-corrected chi connectivity index (χ4v) is 3.93. The van der Waals surface area contributed by atoms with Crippen molar-refractivity contribution in [2.45, 2.75) is 13.8 Å². The summed E-state index contributed by atoms with van der Waals surface area (Å²) in [6, 6.07) is 16.7. The van der Waals surface area contributed by atoms with Crippen molar-refractivity contribution in [2.24, 2.45) is 10.2 Å². The Hall–Kier alpha value is -4.86. The summed E-state index contributed by atoms with van der Waals surface area (Å²) in [6.07, 6.45) is 0. The molecule has 0 saturated carbocycles. The van der Waals surface area contributed by atoms with Gasteiger partial charge in [0.15, 0.2) is 17.2 Å². The van der Waals surface area contributed by atoms with Gasteiger partial charge in [0.2, 0.25) is 11.7 Å². The number of carbonyl (C=O) groups is 2. The van der Waals surface area contributed by atoms with Gasteiger partial charge in [0.25, 0.3) is 5.91 Å². The zero-order valence-corrected chi connectivity index (χ0v) is 21.1. The van der Waals surface area contributed by atoms with E-state index in [1.54, 1.807) is 12.1 Å². The van der Waals surface area contributed by atoms with Gasteiger partial charge in [0.05, 0.1) is 27.0 Å². The maximum atomic E-state index is 12.6. The summed E-state index contributed by atoms with van der Waals surface area (Å²) < 4.78 is 16.2. The van der Waals surface area contributed by atoms with Gasteiger partial charge in [-0.2, -0.15) is 10.2 Å². The fraction of sp³-hybridized carbons (Fsp3) is 0.185. The van der Waals surface area contributed by atoms with E-state index in [0.29, 0.717) is 39.9 Å². The third-order valence-electron chi connectivity index (χ3n) is 5.68. The second-order valence-corrected chi connectivity index (χ2v) is 8.18. The highest BCUT2D eigenvalue weighted by Crippen LogP contribution is 2.38. The van der Waals surface area contributed by atoms with Crippen molar-refractivity contribution in [3.8, 4) is 28.4 Å². The monoisotopic (exact) mass is 501 g/mol. The zero-order valence-electron chi connectivity index (χ0n) is 21.1. The number of carbonyl (C=O) groups excluding carboxylic acids is 2. The molecular weight excluding hydrogens is 474 g/mol. The molecule has 10 nitrogen and oxygen atoms in total. The van der Waals surface area contributed by atoms with Gasteiger partial charge in [0, 0.05) is 18.2 Å². The number of anilines is 2. The maximum absolute atomic E-state index is 12.6. The highest BCUT2D eigenvalue weighted by atomic mass is 16.5. The average Bonchev–Trinajstić information content (AvgIpc) is 3.27. The van der Waals surface area contributed by atoms with E-state index >= 15 is 0 Å². The Morgan fingerprint density at radius 2 is 1.65 bits per heavy atom. The SMILES string of the molecule is COc1cc(C2=NNC(=O)/C2=N\Nc2ccc(C)c(-c3cccc(NC(C)=O)c3)c2)cc(OC)c1OC. The number of amides is 2. The lowest BCUT2D eigenvalue weighted by atomic mass is 9.99. The van der Waals surface area contributed by atoms with E-state index in [-0.39, 0.29) is 11.6 Å². The molecule has 0 unspecified atom stereocenters. The molecule has 0 radical (unpaired) electrons. The summed E-state index contributed by atoms with van der Waals surface area (Å²) in [5, 5.41) is 11.3. The lowest BCUT2D eigenvalue weighted by molar-refractivity contribution is -0.115. The first-order chi connectivity index (χ1) is 17.8. The second kappa shape index (κ2) is 10.8. The number of hydrogen-bond donors (Lipinski definition) is 3. The number of benzene rings is 3. The molecule has 1 aliphatic rings. The molecule has 0 spiro atoms. The summed E-state index contributed by atoms with van der Waals surface area (Å²) in [7, 11) is 4.54. The van der Waals surface area contributed by atoms with Gasteiger partial charge in [-0.15, -0.1) is 0 Å². The van der Waals surface area contributed by atoms with Crippen LogP contribution in [0.25, 0.3) is 11.1 Å². The molecule has 1 aliphatic heterocycles. The van der Waals surface area contributed by atoms with Crippen molar-refractivity contribution in [2.75, 3.05) is 32.1 Å². The largest absolute Gasteiger partial charge is 0.493 e. The van der Waals surface area contributed by atoms with E-state index in [1.165, 1.54) is 28.3 Å². The van der Waals surface area contributed by atoms with E-state index < -0.39 is 5.91 Å². The minimum Gasteiger partial charge on any atom is -0.493 e. The molecule has 3 aromatic rings. The Morgan fingerprint density at radius 1 is 0.919 bits per heavy atom. The average molecular weight is 502 g/mol. The van der Waals surface area contributed by atoms with E-state index in [4.69, 9.17) is 14.2 Å². The third-order valence-corrected chi connectivity index (χ3v) is 5.68. The van der Waals surface area contributed by atoms with Gasteiger partial charge in [-0.3, -0.25) is 15.0 Å². The number of hydrazone groups is 2. The van der Waals surface area contributed by atoms with Crippen LogP contribution in [0.4, 0.5) is 11.4 Å². The van der Waals surface area contributed by atoms with Crippen molar-refractivity contribution in [1.29, 1.82) is 0 Å². The lowest BCUT2D eigenvalue weighted by Gasteiger charge is -2.14. The molecule has 0 bridgehead atoms. The highest BCUT2D eigenvalue weighted by Gasteiger charge is 2.28. The molecule has 1 heterocycles. The van der Waals surface area contributed by atoms with Gasteiger partial charge in [-0.25, -0.2) is 5.43 Å². The number of methoxy groups -OCH3 is 3. The molecule has 0 aromatic heterocycles. The van der Waals surface area contributed by atoms with Gasteiger partial charge >= 0.3 is 0 Å². The minimum atomic E-state index is -0.452. The number of nitrogens with zero attached hydrogens (tertiary/aromatic N) is 2. The van der Waals surface area contributed by atoms with Crippen molar-refractivity contribution in [3.63, 3.8) is 0 Å².